The molecule has 1 aliphatic heterocycles. The number of ether oxygens (including phenoxy) is 1. The van der Waals surface area contributed by atoms with Gasteiger partial charge in [0.05, 0.1) is 12.2 Å². The van der Waals surface area contributed by atoms with Gasteiger partial charge in [-0.25, -0.2) is 9.78 Å². The normalized spacial score (nSPS) is 17.5. The molecule has 1 saturated heterocycles. The second-order valence-corrected chi connectivity index (χ2v) is 7.97. The Kier molecular flexibility index (Phi) is 6.09. The Hall–Kier alpha value is -1.34. The molecule has 0 spiro atoms. The van der Waals surface area contributed by atoms with Crippen LogP contribution in [0, 0.1) is 0 Å². The maximum atomic E-state index is 12.5. The van der Waals surface area contributed by atoms with Crippen LogP contribution in [0.5, 0.6) is 0 Å². The first-order chi connectivity index (χ1) is 11.1. The summed E-state index contributed by atoms with van der Waals surface area (Å²) in [7, 11) is 0. The molecule has 1 N–H and O–H groups in total. The zero-order chi connectivity index (χ0) is 17.9. The lowest BCUT2D eigenvalue weighted by Gasteiger charge is -2.29. The average Bonchev–Trinajstić information content (AvgIpc) is 2.85. The summed E-state index contributed by atoms with van der Waals surface area (Å²) in [5, 5.41) is 3.22. The van der Waals surface area contributed by atoms with Crippen molar-refractivity contribution >= 4 is 39.5 Å². The second-order valence-electron chi connectivity index (χ2n) is 6.73. The molecule has 1 fully saturated rings. The number of carbonyl (C=O) groups excluding carboxylic acids is 2. The Bertz CT molecular complexity index is 633. The van der Waals surface area contributed by atoms with E-state index in [1.54, 1.807) is 17.0 Å². The molecule has 1 atom stereocenters. The predicted octanol–water partition coefficient (Wildman–Crippen LogP) is 3.51. The summed E-state index contributed by atoms with van der Waals surface area (Å²) in [6.07, 6.45) is 0.728. The number of hydrogen-bond acceptors (Lipinski definition) is 4. The van der Waals surface area contributed by atoms with E-state index in [2.05, 4.69) is 26.2 Å². The number of halogens is 2. The van der Waals surface area contributed by atoms with Crippen molar-refractivity contribution in [1.82, 2.24) is 15.2 Å². The minimum absolute atomic E-state index is 0.00574. The van der Waals surface area contributed by atoms with E-state index < -0.39 is 11.7 Å². The van der Waals surface area contributed by atoms with E-state index in [0.717, 1.165) is 4.47 Å². The number of rotatable bonds is 4. The van der Waals surface area contributed by atoms with Crippen molar-refractivity contribution in [3.63, 3.8) is 0 Å². The third-order valence-electron chi connectivity index (χ3n) is 3.40. The molecule has 2 heterocycles. The van der Waals surface area contributed by atoms with Crippen molar-refractivity contribution < 1.29 is 14.3 Å². The summed E-state index contributed by atoms with van der Waals surface area (Å²) < 4.78 is 6.24. The standard InChI is InChI=1S/C16H21BrClN3O3/c1-16(2,3)24-15(23)21(8-10-4-7-14(22)19-10)9-12-11(17)5-6-13(18)20-12/h5-6,10H,4,7-9H2,1-3H3,(H,19,22)/t10-/m1/s1. The molecular weight excluding hydrogens is 398 g/mol. The molecule has 6 nitrogen and oxygen atoms in total. The lowest BCUT2D eigenvalue weighted by Crippen LogP contribution is -2.44. The first-order valence-electron chi connectivity index (χ1n) is 7.72. The molecule has 24 heavy (non-hydrogen) atoms. The highest BCUT2D eigenvalue weighted by molar-refractivity contribution is 9.10. The molecule has 1 aromatic rings. The van der Waals surface area contributed by atoms with E-state index in [0.29, 0.717) is 30.2 Å². The molecule has 1 aliphatic rings. The number of pyridine rings is 1. The summed E-state index contributed by atoms with van der Waals surface area (Å²) in [6, 6.07) is 3.38. The minimum Gasteiger partial charge on any atom is -0.444 e. The maximum absolute atomic E-state index is 12.5. The van der Waals surface area contributed by atoms with Gasteiger partial charge in [-0.1, -0.05) is 11.6 Å². The lowest BCUT2D eigenvalue weighted by molar-refractivity contribution is -0.119. The Morgan fingerprint density at radius 2 is 2.21 bits per heavy atom. The summed E-state index contributed by atoms with van der Waals surface area (Å²) in [4.78, 5) is 29.8. The fraction of sp³-hybridized carbons (Fsp3) is 0.562. The van der Waals surface area contributed by atoms with Crippen LogP contribution < -0.4 is 5.32 Å². The number of carbonyl (C=O) groups is 2. The zero-order valence-electron chi connectivity index (χ0n) is 13.9. The van der Waals surface area contributed by atoms with E-state index in [4.69, 9.17) is 16.3 Å². The van der Waals surface area contributed by atoms with Crippen LogP contribution in [-0.4, -0.2) is 40.1 Å². The number of amides is 2. The van der Waals surface area contributed by atoms with Crippen molar-refractivity contribution in [2.45, 2.75) is 51.8 Å². The van der Waals surface area contributed by atoms with Gasteiger partial charge in [-0.15, -0.1) is 0 Å². The molecule has 0 aliphatic carbocycles. The zero-order valence-corrected chi connectivity index (χ0v) is 16.3. The van der Waals surface area contributed by atoms with Crippen molar-refractivity contribution in [1.29, 1.82) is 0 Å². The molecule has 0 aromatic carbocycles. The van der Waals surface area contributed by atoms with Crippen LogP contribution in [0.25, 0.3) is 0 Å². The third-order valence-corrected chi connectivity index (χ3v) is 4.34. The van der Waals surface area contributed by atoms with Gasteiger partial charge in [-0.3, -0.25) is 4.79 Å². The van der Waals surface area contributed by atoms with Crippen molar-refractivity contribution in [2.24, 2.45) is 0 Å². The topological polar surface area (TPSA) is 71.5 Å². The summed E-state index contributed by atoms with van der Waals surface area (Å²) >= 11 is 9.37. The summed E-state index contributed by atoms with van der Waals surface area (Å²) in [5.41, 5.74) is 0.0328. The molecule has 0 unspecified atom stereocenters. The van der Waals surface area contributed by atoms with E-state index in [-0.39, 0.29) is 18.5 Å². The predicted molar refractivity (Wildman–Crippen MR) is 94.8 cm³/mol. The van der Waals surface area contributed by atoms with Gasteiger partial charge in [0.25, 0.3) is 0 Å². The maximum Gasteiger partial charge on any atom is 0.410 e. The van der Waals surface area contributed by atoms with Crippen LogP contribution in [-0.2, 0) is 16.1 Å². The van der Waals surface area contributed by atoms with Crippen molar-refractivity contribution in [3.05, 3.63) is 27.5 Å². The van der Waals surface area contributed by atoms with Crippen LogP contribution >= 0.6 is 27.5 Å². The van der Waals surface area contributed by atoms with Gasteiger partial charge in [0.15, 0.2) is 0 Å². The molecule has 0 radical (unpaired) electrons. The highest BCUT2D eigenvalue weighted by Gasteiger charge is 2.29. The average molecular weight is 419 g/mol. The molecule has 8 heteroatoms. The van der Waals surface area contributed by atoms with Crippen LogP contribution in [0.3, 0.4) is 0 Å². The van der Waals surface area contributed by atoms with Crippen LogP contribution in [0.15, 0.2) is 16.6 Å². The van der Waals surface area contributed by atoms with Gasteiger partial charge >= 0.3 is 6.09 Å². The Morgan fingerprint density at radius 3 is 2.79 bits per heavy atom. The molecule has 0 saturated carbocycles. The molecule has 0 bridgehead atoms. The first-order valence-corrected chi connectivity index (χ1v) is 8.89. The van der Waals surface area contributed by atoms with Crippen LogP contribution in [0.1, 0.15) is 39.3 Å². The van der Waals surface area contributed by atoms with E-state index in [1.165, 1.54) is 0 Å². The van der Waals surface area contributed by atoms with Crippen LogP contribution in [0.4, 0.5) is 4.79 Å². The van der Waals surface area contributed by atoms with Gasteiger partial charge < -0.3 is 15.0 Å². The molecule has 1 aromatic heterocycles. The summed E-state index contributed by atoms with van der Waals surface area (Å²) in [5.74, 6) is 0.00574. The summed E-state index contributed by atoms with van der Waals surface area (Å²) in [6.45, 7) is 6.04. The van der Waals surface area contributed by atoms with Gasteiger partial charge in [-0.05, 0) is 55.3 Å². The SMILES string of the molecule is CC(C)(C)OC(=O)N(Cc1nc(Cl)ccc1Br)C[C@H]1CCC(=O)N1. The minimum atomic E-state index is -0.604. The van der Waals surface area contributed by atoms with Gasteiger partial charge in [0, 0.05) is 23.5 Å². The Balaban J connectivity index is 2.16. The molecule has 2 rings (SSSR count). The highest BCUT2D eigenvalue weighted by Crippen LogP contribution is 2.21. The number of nitrogens with one attached hydrogen (secondary N) is 1. The largest absolute Gasteiger partial charge is 0.444 e. The van der Waals surface area contributed by atoms with E-state index in [1.807, 2.05) is 20.8 Å². The lowest BCUT2D eigenvalue weighted by atomic mass is 10.2. The number of hydrogen-bond donors (Lipinski definition) is 1. The molecule has 2 amide bonds. The molecular formula is C16H21BrClN3O3. The second kappa shape index (κ2) is 7.70. The smallest absolute Gasteiger partial charge is 0.410 e. The fourth-order valence-corrected chi connectivity index (χ4v) is 2.87. The van der Waals surface area contributed by atoms with Crippen molar-refractivity contribution in [3.8, 4) is 0 Å². The van der Waals surface area contributed by atoms with E-state index in [9.17, 15) is 9.59 Å². The number of aromatic nitrogens is 1. The number of nitrogens with zero attached hydrogens (tertiary/aromatic N) is 2. The Morgan fingerprint density at radius 1 is 1.50 bits per heavy atom. The third kappa shape index (κ3) is 5.63. The molecule has 132 valence electrons. The first kappa shape index (κ1) is 19.0. The van der Waals surface area contributed by atoms with Gasteiger partial charge in [0.1, 0.15) is 10.8 Å². The van der Waals surface area contributed by atoms with Crippen molar-refractivity contribution in [2.75, 3.05) is 6.54 Å². The Labute approximate surface area is 155 Å². The van der Waals surface area contributed by atoms with E-state index >= 15 is 0 Å². The monoisotopic (exact) mass is 417 g/mol. The fourth-order valence-electron chi connectivity index (χ4n) is 2.36. The van der Waals surface area contributed by atoms with Gasteiger partial charge in [0.2, 0.25) is 5.91 Å². The van der Waals surface area contributed by atoms with Gasteiger partial charge in [-0.2, -0.15) is 0 Å². The quantitative estimate of drug-likeness (QED) is 0.760. The van der Waals surface area contributed by atoms with Crippen LogP contribution in [0.2, 0.25) is 5.15 Å². The highest BCUT2D eigenvalue weighted by atomic mass is 79.9.